The number of rotatable bonds is 3. The fourth-order valence-electron chi connectivity index (χ4n) is 2.55. The second-order valence-corrected chi connectivity index (χ2v) is 5.93. The van der Waals surface area contributed by atoms with E-state index < -0.39 is 5.97 Å². The van der Waals surface area contributed by atoms with Crippen LogP contribution in [0.1, 0.15) is 16.8 Å². The van der Waals surface area contributed by atoms with Crippen LogP contribution in [0.25, 0.3) is 11.0 Å². The monoisotopic (exact) mass is 278 g/mol. The van der Waals surface area contributed by atoms with Crippen molar-refractivity contribution in [3.8, 4) is 0 Å². The van der Waals surface area contributed by atoms with Gasteiger partial charge in [-0.25, -0.2) is 9.59 Å². The molecule has 0 aliphatic carbocycles. The van der Waals surface area contributed by atoms with Crippen LogP contribution in [0.4, 0.5) is 0 Å². The number of aromatic amines is 1. The van der Waals surface area contributed by atoms with Crippen LogP contribution in [0.5, 0.6) is 0 Å². The molecule has 5 nitrogen and oxygen atoms in total. The molecule has 0 bridgehead atoms. The van der Waals surface area contributed by atoms with Crippen LogP contribution in [0.15, 0.2) is 23.0 Å². The van der Waals surface area contributed by atoms with Crippen LogP contribution in [-0.2, 0) is 6.54 Å². The molecule has 3 rings (SSSR count). The number of carboxylic acids is 1. The number of nitrogens with one attached hydrogen (secondary N) is 1. The molecule has 1 unspecified atom stereocenters. The first-order valence-electron chi connectivity index (χ1n) is 6.19. The number of thioether (sulfide) groups is 1. The molecule has 0 spiro atoms. The minimum Gasteiger partial charge on any atom is -0.478 e. The largest absolute Gasteiger partial charge is 0.478 e. The predicted molar refractivity (Wildman–Crippen MR) is 75.0 cm³/mol. The van der Waals surface area contributed by atoms with Gasteiger partial charge in [0, 0.05) is 6.54 Å². The predicted octanol–water partition coefficient (Wildman–Crippen LogP) is 1.78. The van der Waals surface area contributed by atoms with Gasteiger partial charge in [0.1, 0.15) is 0 Å². The number of nitrogens with zero attached hydrogens (tertiary/aromatic N) is 1. The Labute approximate surface area is 113 Å². The molecule has 19 heavy (non-hydrogen) atoms. The van der Waals surface area contributed by atoms with Gasteiger partial charge in [-0.15, -0.1) is 0 Å². The second-order valence-electron chi connectivity index (χ2n) is 4.78. The maximum absolute atomic E-state index is 12.0. The number of H-pyrrole nitrogens is 1. The third-order valence-electron chi connectivity index (χ3n) is 3.49. The van der Waals surface area contributed by atoms with Gasteiger partial charge < -0.3 is 10.1 Å². The average Bonchev–Trinajstić information content (AvgIpc) is 2.98. The van der Waals surface area contributed by atoms with E-state index in [1.807, 2.05) is 11.8 Å². The van der Waals surface area contributed by atoms with Crippen molar-refractivity contribution in [2.45, 2.75) is 13.0 Å². The van der Waals surface area contributed by atoms with Crippen molar-refractivity contribution in [1.29, 1.82) is 0 Å². The highest BCUT2D eigenvalue weighted by atomic mass is 32.2. The van der Waals surface area contributed by atoms with Gasteiger partial charge in [-0.2, -0.15) is 11.8 Å². The fourth-order valence-corrected chi connectivity index (χ4v) is 3.82. The summed E-state index contributed by atoms with van der Waals surface area (Å²) in [5, 5.41) is 9.24. The lowest BCUT2D eigenvalue weighted by atomic mass is 10.1. The van der Waals surface area contributed by atoms with E-state index in [0.717, 1.165) is 17.9 Å². The van der Waals surface area contributed by atoms with Crippen LogP contribution < -0.4 is 5.69 Å². The zero-order chi connectivity index (χ0) is 13.4. The van der Waals surface area contributed by atoms with Gasteiger partial charge in [0.05, 0.1) is 16.6 Å². The Balaban J connectivity index is 2.13. The van der Waals surface area contributed by atoms with Crippen molar-refractivity contribution >= 4 is 28.8 Å². The summed E-state index contributed by atoms with van der Waals surface area (Å²) in [4.78, 5) is 26.0. The van der Waals surface area contributed by atoms with Gasteiger partial charge in [0.15, 0.2) is 0 Å². The molecule has 0 amide bonds. The molecule has 1 saturated heterocycles. The highest BCUT2D eigenvalue weighted by Gasteiger charge is 2.21. The molecule has 1 atom stereocenters. The number of carbonyl (C=O) groups is 1. The molecular formula is C13H14N2O3S. The van der Waals surface area contributed by atoms with E-state index >= 15 is 0 Å². The van der Waals surface area contributed by atoms with Gasteiger partial charge in [-0.3, -0.25) is 4.57 Å². The van der Waals surface area contributed by atoms with E-state index in [-0.39, 0.29) is 11.3 Å². The number of fused-ring (bicyclic) bond motifs is 1. The van der Waals surface area contributed by atoms with E-state index in [1.54, 1.807) is 16.7 Å². The molecule has 1 fully saturated rings. The van der Waals surface area contributed by atoms with Gasteiger partial charge in [-0.05, 0) is 36.0 Å². The smallest absolute Gasteiger partial charge is 0.337 e. The Morgan fingerprint density at radius 3 is 3.05 bits per heavy atom. The number of hydrogen-bond acceptors (Lipinski definition) is 3. The first kappa shape index (κ1) is 12.3. The maximum atomic E-state index is 12.0. The molecule has 2 N–H and O–H groups in total. The molecule has 1 aliphatic rings. The summed E-state index contributed by atoms with van der Waals surface area (Å²) >= 11 is 1.88. The minimum atomic E-state index is -1.00. The average molecular weight is 278 g/mol. The highest BCUT2D eigenvalue weighted by molar-refractivity contribution is 7.99. The number of hydrogen-bond donors (Lipinski definition) is 2. The molecule has 0 saturated carbocycles. The third kappa shape index (κ3) is 2.16. The van der Waals surface area contributed by atoms with Crippen molar-refractivity contribution in [3.63, 3.8) is 0 Å². The molecule has 6 heteroatoms. The lowest BCUT2D eigenvalue weighted by Gasteiger charge is -2.10. The summed E-state index contributed by atoms with van der Waals surface area (Å²) in [6.45, 7) is 0.593. The molecule has 1 aromatic heterocycles. The third-order valence-corrected chi connectivity index (χ3v) is 4.72. The second kappa shape index (κ2) is 4.77. The SMILES string of the molecule is O=C(O)c1cccc2[nH]c(=O)n(CC3CCSC3)c12. The van der Waals surface area contributed by atoms with Crippen LogP contribution in [0.2, 0.25) is 0 Å². The van der Waals surface area contributed by atoms with Gasteiger partial charge in [0.2, 0.25) is 0 Å². The first-order valence-corrected chi connectivity index (χ1v) is 7.35. The van der Waals surface area contributed by atoms with Gasteiger partial charge in [0.25, 0.3) is 0 Å². The number of carboxylic acid groups (broad SMARTS) is 1. The Kier molecular flexibility index (Phi) is 3.10. The van der Waals surface area contributed by atoms with E-state index in [0.29, 0.717) is 23.5 Å². The molecule has 2 heterocycles. The number of para-hydroxylation sites is 1. The summed E-state index contributed by atoms with van der Waals surface area (Å²) in [6, 6.07) is 4.93. The zero-order valence-corrected chi connectivity index (χ0v) is 11.1. The summed E-state index contributed by atoms with van der Waals surface area (Å²) in [5.74, 6) is 1.60. The number of aromatic nitrogens is 2. The maximum Gasteiger partial charge on any atom is 0.337 e. The van der Waals surface area contributed by atoms with Crippen molar-refractivity contribution in [2.24, 2.45) is 5.92 Å². The van der Waals surface area contributed by atoms with Crippen LogP contribution >= 0.6 is 11.8 Å². The van der Waals surface area contributed by atoms with Crippen molar-refractivity contribution in [3.05, 3.63) is 34.2 Å². The first-order chi connectivity index (χ1) is 9.16. The quantitative estimate of drug-likeness (QED) is 0.897. The fraction of sp³-hybridized carbons (Fsp3) is 0.385. The Bertz CT molecular complexity index is 683. The summed E-state index contributed by atoms with van der Waals surface area (Å²) in [6.07, 6.45) is 1.08. The summed E-state index contributed by atoms with van der Waals surface area (Å²) in [5.41, 5.74) is 1.06. The minimum absolute atomic E-state index is 0.182. The zero-order valence-electron chi connectivity index (χ0n) is 10.3. The van der Waals surface area contributed by atoms with Crippen molar-refractivity contribution in [2.75, 3.05) is 11.5 Å². The van der Waals surface area contributed by atoms with Gasteiger partial charge >= 0.3 is 11.7 Å². The highest BCUT2D eigenvalue weighted by Crippen LogP contribution is 2.26. The molecule has 100 valence electrons. The molecule has 1 aromatic carbocycles. The Hall–Kier alpha value is -1.69. The summed E-state index contributed by atoms with van der Waals surface area (Å²) in [7, 11) is 0. The normalized spacial score (nSPS) is 19.1. The van der Waals surface area contributed by atoms with E-state index in [4.69, 9.17) is 0 Å². The van der Waals surface area contributed by atoms with Crippen LogP contribution in [0.3, 0.4) is 0 Å². The Morgan fingerprint density at radius 2 is 2.37 bits per heavy atom. The number of benzene rings is 1. The Morgan fingerprint density at radius 1 is 1.53 bits per heavy atom. The van der Waals surface area contributed by atoms with Crippen LogP contribution in [-0.4, -0.2) is 32.1 Å². The van der Waals surface area contributed by atoms with Crippen LogP contribution in [0, 0.1) is 5.92 Å². The standard InChI is InChI=1S/C13H14N2O3S/c16-12(17)9-2-1-3-10-11(9)15(13(18)14-10)6-8-4-5-19-7-8/h1-3,8H,4-7H2,(H,14,18)(H,16,17). The van der Waals surface area contributed by atoms with E-state index in [2.05, 4.69) is 4.98 Å². The van der Waals surface area contributed by atoms with Gasteiger partial charge in [-0.1, -0.05) is 6.07 Å². The topological polar surface area (TPSA) is 75.1 Å². The lowest BCUT2D eigenvalue weighted by Crippen LogP contribution is -2.22. The van der Waals surface area contributed by atoms with Crippen molar-refractivity contribution in [1.82, 2.24) is 9.55 Å². The molecular weight excluding hydrogens is 264 g/mol. The van der Waals surface area contributed by atoms with E-state index in [9.17, 15) is 14.7 Å². The molecule has 2 aromatic rings. The summed E-state index contributed by atoms with van der Waals surface area (Å²) < 4.78 is 1.58. The molecule has 0 radical (unpaired) electrons. The van der Waals surface area contributed by atoms with Crippen molar-refractivity contribution < 1.29 is 9.90 Å². The lowest BCUT2D eigenvalue weighted by molar-refractivity contribution is 0.0698. The molecule has 1 aliphatic heterocycles. The number of aromatic carboxylic acids is 1. The van der Waals surface area contributed by atoms with E-state index in [1.165, 1.54) is 6.07 Å². The number of imidazole rings is 1.